The van der Waals surface area contributed by atoms with Gasteiger partial charge in [-0.05, 0) is 72.2 Å². The zero-order valence-corrected chi connectivity index (χ0v) is 24.9. The highest BCUT2D eigenvalue weighted by Crippen LogP contribution is 2.44. The summed E-state index contributed by atoms with van der Waals surface area (Å²) < 4.78 is 70.6. The number of hydrogen-bond donors (Lipinski definition) is 2. The number of sulfonamides is 1. The van der Waals surface area contributed by atoms with E-state index in [1.54, 1.807) is 0 Å². The summed E-state index contributed by atoms with van der Waals surface area (Å²) in [5, 5.41) is 3.39. The molecule has 2 saturated carbocycles. The molecule has 0 saturated heterocycles. The highest BCUT2D eigenvalue weighted by atomic mass is 32.2. The Morgan fingerprint density at radius 3 is 2.40 bits per heavy atom. The van der Waals surface area contributed by atoms with Gasteiger partial charge in [0.05, 0.1) is 17.6 Å². The number of rotatable bonds is 9. The van der Waals surface area contributed by atoms with Gasteiger partial charge in [0.2, 0.25) is 16.0 Å². The second-order valence-corrected chi connectivity index (χ2v) is 13.6. The number of alkyl halides is 2. The molecule has 2 aliphatic rings. The monoisotopic (exact) mass is 607 g/mol. The van der Waals surface area contributed by atoms with E-state index in [0.717, 1.165) is 37.8 Å². The van der Waals surface area contributed by atoms with E-state index in [1.807, 2.05) is 13.8 Å². The Morgan fingerprint density at radius 1 is 1.12 bits per heavy atom. The maximum Gasteiger partial charge on any atom is 0.278 e. The van der Waals surface area contributed by atoms with Crippen LogP contribution in [0.1, 0.15) is 58.4 Å². The quantitative estimate of drug-likeness (QED) is 0.361. The molecule has 10 nitrogen and oxygen atoms in total. The van der Waals surface area contributed by atoms with Crippen LogP contribution in [0, 0.1) is 11.7 Å². The molecule has 0 bridgehead atoms. The number of aromatic nitrogens is 4. The zero-order valence-electron chi connectivity index (χ0n) is 24.1. The molecule has 2 N–H and O–H groups in total. The molecule has 0 aliphatic heterocycles. The molecular formula is C28H36F3N7O3S. The Morgan fingerprint density at radius 2 is 1.83 bits per heavy atom. The summed E-state index contributed by atoms with van der Waals surface area (Å²) in [5.41, 5.74) is -0.131. The Labute approximate surface area is 242 Å². The molecule has 2 heterocycles. The Hall–Kier alpha value is -3.26. The number of anilines is 2. The molecule has 0 amide bonds. The fourth-order valence-corrected chi connectivity index (χ4v) is 7.17. The van der Waals surface area contributed by atoms with Crippen LogP contribution in [-0.4, -0.2) is 70.7 Å². The first-order valence-electron chi connectivity index (χ1n) is 14.1. The number of halogens is 3. The SMILES string of the molecule is CC(C)n1c(=O)c(-c2ccc(NS(=O)(=O)CC3CCC3(F)F)c(F)c2)nc2cnc(N[C@H]3CC[C@H](N(C)C)CC3)nc21. The van der Waals surface area contributed by atoms with Crippen molar-refractivity contribution >= 4 is 32.8 Å². The van der Waals surface area contributed by atoms with Crippen LogP contribution in [0.4, 0.5) is 24.8 Å². The first-order valence-corrected chi connectivity index (χ1v) is 15.8. The summed E-state index contributed by atoms with van der Waals surface area (Å²) in [4.78, 5) is 29.3. The molecule has 1 atom stereocenters. The number of nitrogens with zero attached hydrogens (tertiary/aromatic N) is 5. The van der Waals surface area contributed by atoms with Gasteiger partial charge in [-0.2, -0.15) is 4.98 Å². The van der Waals surface area contributed by atoms with Crippen molar-refractivity contribution in [3.63, 3.8) is 0 Å². The van der Waals surface area contributed by atoms with Crippen molar-refractivity contribution in [1.82, 2.24) is 24.4 Å². The average molecular weight is 608 g/mol. The lowest BCUT2D eigenvalue weighted by atomic mass is 9.82. The lowest BCUT2D eigenvalue weighted by Crippen LogP contribution is -2.43. The molecule has 1 unspecified atom stereocenters. The van der Waals surface area contributed by atoms with E-state index in [0.29, 0.717) is 23.2 Å². The number of nitrogens with one attached hydrogen (secondary N) is 2. The highest BCUT2D eigenvalue weighted by Gasteiger charge is 2.50. The number of fused-ring (bicyclic) bond motifs is 1. The largest absolute Gasteiger partial charge is 0.351 e. The molecule has 0 radical (unpaired) electrons. The van der Waals surface area contributed by atoms with E-state index in [1.165, 1.54) is 16.8 Å². The standard InChI is InChI=1S/C28H36F3N7O3S/c1-16(2)38-25-23(14-32-27(35-25)33-19-6-8-20(9-7-19)37(3)4)34-24(26(38)39)17-5-10-22(21(29)13-17)36-42(40,41)15-18-11-12-28(18,30)31/h5,10,13-14,16,18-20,36H,6-9,11-12,15H2,1-4H3,(H,32,33,35)/t18?,19-,20-. The van der Waals surface area contributed by atoms with Crippen LogP contribution in [0.15, 0.2) is 29.2 Å². The highest BCUT2D eigenvalue weighted by molar-refractivity contribution is 7.92. The first kappa shape index (κ1) is 30.2. The van der Waals surface area contributed by atoms with Crippen LogP contribution in [0.25, 0.3) is 22.4 Å². The molecule has 1 aromatic carbocycles. The maximum atomic E-state index is 15.1. The second kappa shape index (κ2) is 11.4. The lowest BCUT2D eigenvalue weighted by Gasteiger charge is -2.35. The van der Waals surface area contributed by atoms with Crippen LogP contribution in [0.3, 0.4) is 0 Å². The van der Waals surface area contributed by atoms with Crippen molar-refractivity contribution in [2.75, 3.05) is 29.9 Å². The predicted molar refractivity (Wildman–Crippen MR) is 156 cm³/mol. The van der Waals surface area contributed by atoms with Crippen molar-refractivity contribution in [3.8, 4) is 11.3 Å². The predicted octanol–water partition coefficient (Wildman–Crippen LogP) is 4.65. The van der Waals surface area contributed by atoms with Crippen LogP contribution < -0.4 is 15.6 Å². The van der Waals surface area contributed by atoms with Gasteiger partial charge < -0.3 is 10.2 Å². The van der Waals surface area contributed by atoms with E-state index in [4.69, 9.17) is 0 Å². The van der Waals surface area contributed by atoms with E-state index >= 15 is 4.39 Å². The summed E-state index contributed by atoms with van der Waals surface area (Å²) >= 11 is 0. The molecule has 14 heteroatoms. The molecule has 3 aromatic rings. The zero-order chi connectivity index (χ0) is 30.4. The van der Waals surface area contributed by atoms with Gasteiger partial charge in [-0.1, -0.05) is 6.07 Å². The fraction of sp³-hybridized carbons (Fsp3) is 0.571. The number of hydrogen-bond acceptors (Lipinski definition) is 8. The average Bonchev–Trinajstić information content (AvgIpc) is 2.92. The summed E-state index contributed by atoms with van der Waals surface area (Å²) in [7, 11) is -0.0437. The van der Waals surface area contributed by atoms with Crippen molar-refractivity contribution in [3.05, 3.63) is 40.6 Å². The maximum absolute atomic E-state index is 15.1. The van der Waals surface area contributed by atoms with Gasteiger partial charge in [-0.3, -0.25) is 14.1 Å². The Balaban J connectivity index is 1.40. The summed E-state index contributed by atoms with van der Waals surface area (Å²) in [6.07, 6.45) is 5.33. The van der Waals surface area contributed by atoms with E-state index in [-0.39, 0.29) is 36.2 Å². The van der Waals surface area contributed by atoms with Gasteiger partial charge >= 0.3 is 0 Å². The topological polar surface area (TPSA) is 122 Å². The van der Waals surface area contributed by atoms with Crippen LogP contribution >= 0.6 is 0 Å². The third-order valence-electron chi connectivity index (χ3n) is 8.26. The fourth-order valence-electron chi connectivity index (χ4n) is 5.65. The van der Waals surface area contributed by atoms with Gasteiger partial charge in [0, 0.05) is 36.0 Å². The van der Waals surface area contributed by atoms with E-state index < -0.39 is 44.7 Å². The van der Waals surface area contributed by atoms with Crippen molar-refractivity contribution in [2.24, 2.45) is 5.92 Å². The van der Waals surface area contributed by atoms with Crippen LogP contribution in [0.2, 0.25) is 0 Å². The van der Waals surface area contributed by atoms with Crippen LogP contribution in [0.5, 0.6) is 0 Å². The number of benzene rings is 1. The van der Waals surface area contributed by atoms with Gasteiger partial charge in [-0.25, -0.2) is 31.6 Å². The molecule has 2 aliphatic carbocycles. The first-order chi connectivity index (χ1) is 19.7. The molecule has 228 valence electrons. The molecule has 42 heavy (non-hydrogen) atoms. The van der Waals surface area contributed by atoms with E-state index in [9.17, 15) is 22.0 Å². The normalized spacial score (nSPS) is 22.4. The van der Waals surface area contributed by atoms with Gasteiger partial charge in [0.1, 0.15) is 17.0 Å². The summed E-state index contributed by atoms with van der Waals surface area (Å²) in [6.45, 7) is 3.65. The Bertz CT molecular complexity index is 1640. The Kier molecular flexibility index (Phi) is 8.23. The third-order valence-corrected chi connectivity index (χ3v) is 9.63. The third kappa shape index (κ3) is 6.24. The van der Waals surface area contributed by atoms with Crippen molar-refractivity contribution in [2.45, 2.75) is 76.4 Å². The van der Waals surface area contributed by atoms with Crippen molar-refractivity contribution in [1.29, 1.82) is 0 Å². The second-order valence-electron chi connectivity index (χ2n) is 11.8. The smallest absolute Gasteiger partial charge is 0.278 e. The summed E-state index contributed by atoms with van der Waals surface area (Å²) in [6, 6.07) is 3.97. The van der Waals surface area contributed by atoms with Gasteiger partial charge in [0.15, 0.2) is 5.65 Å². The van der Waals surface area contributed by atoms with Crippen LogP contribution in [-0.2, 0) is 10.0 Å². The molecular weight excluding hydrogens is 571 g/mol. The van der Waals surface area contributed by atoms with E-state index in [2.05, 4.69) is 44.0 Å². The minimum absolute atomic E-state index is 0.0510. The summed E-state index contributed by atoms with van der Waals surface area (Å²) in [5.74, 6) is -5.71. The minimum atomic E-state index is -4.22. The molecule has 5 rings (SSSR count). The molecule has 2 fully saturated rings. The minimum Gasteiger partial charge on any atom is -0.351 e. The van der Waals surface area contributed by atoms with Crippen molar-refractivity contribution < 1.29 is 21.6 Å². The molecule has 0 spiro atoms. The van der Waals surface area contributed by atoms with Gasteiger partial charge in [0.25, 0.3) is 11.5 Å². The molecule has 2 aromatic heterocycles. The lowest BCUT2D eigenvalue weighted by molar-refractivity contribution is -0.122. The van der Waals surface area contributed by atoms with Gasteiger partial charge in [-0.15, -0.1) is 0 Å².